The van der Waals surface area contributed by atoms with Gasteiger partial charge >= 0.3 is 5.69 Å². The quantitative estimate of drug-likeness (QED) is 0.675. The number of amides is 1. The second kappa shape index (κ2) is 6.73. The Hall–Kier alpha value is -2.39. The normalized spacial score (nSPS) is 11.7. The number of hydrogen-bond donors (Lipinski definition) is 1. The van der Waals surface area contributed by atoms with Gasteiger partial charge in [0, 0.05) is 24.3 Å². The maximum absolute atomic E-state index is 12.6. The Morgan fingerprint density at radius 2 is 1.65 bits per heavy atom. The Kier molecular flexibility index (Phi) is 4.76. The number of sulfone groups is 1. The topological polar surface area (TPSA) is 90.2 Å². The predicted octanol–water partition coefficient (Wildman–Crippen LogP) is 2.05. The van der Waals surface area contributed by atoms with Gasteiger partial charge in [-0.1, -0.05) is 15.9 Å². The summed E-state index contributed by atoms with van der Waals surface area (Å²) in [5, 5.41) is 2.56. The molecule has 0 spiro atoms. The Labute approximate surface area is 158 Å². The van der Waals surface area contributed by atoms with Gasteiger partial charge in [-0.2, -0.15) is 0 Å². The number of carbonyl (C=O) groups excluding carboxylic acids is 1. The number of imidazole rings is 1. The van der Waals surface area contributed by atoms with Gasteiger partial charge in [-0.25, -0.2) is 13.2 Å². The smallest absolute Gasteiger partial charge is 0.325 e. The van der Waals surface area contributed by atoms with E-state index in [4.69, 9.17) is 0 Å². The van der Waals surface area contributed by atoms with Gasteiger partial charge < -0.3 is 5.32 Å². The van der Waals surface area contributed by atoms with Crippen molar-refractivity contribution < 1.29 is 13.2 Å². The van der Waals surface area contributed by atoms with E-state index >= 15 is 0 Å². The van der Waals surface area contributed by atoms with Crippen molar-refractivity contribution in [2.45, 2.75) is 4.90 Å². The zero-order chi connectivity index (χ0) is 19.1. The molecule has 136 valence electrons. The summed E-state index contributed by atoms with van der Waals surface area (Å²) in [6, 6.07) is 11.2. The number of halogens is 1. The van der Waals surface area contributed by atoms with Crippen LogP contribution in [0.2, 0.25) is 0 Å². The fourth-order valence-corrected chi connectivity index (χ4v) is 4.08. The summed E-state index contributed by atoms with van der Waals surface area (Å²) >= 11 is 3.29. The first-order valence-corrected chi connectivity index (χ1v) is 10.1. The number of benzene rings is 2. The Morgan fingerprint density at radius 1 is 1.04 bits per heavy atom. The number of nitrogens with zero attached hydrogens (tertiary/aromatic N) is 2. The highest BCUT2D eigenvalue weighted by atomic mass is 79.9. The van der Waals surface area contributed by atoms with Gasteiger partial charge in [0.05, 0.1) is 15.9 Å². The van der Waals surface area contributed by atoms with E-state index in [9.17, 15) is 18.0 Å². The molecule has 26 heavy (non-hydrogen) atoms. The molecule has 0 bridgehead atoms. The summed E-state index contributed by atoms with van der Waals surface area (Å²) < 4.78 is 28.8. The highest BCUT2D eigenvalue weighted by Gasteiger charge is 2.21. The van der Waals surface area contributed by atoms with Crippen LogP contribution in [0.1, 0.15) is 0 Å². The van der Waals surface area contributed by atoms with Crippen LogP contribution in [0, 0.1) is 0 Å². The van der Waals surface area contributed by atoms with Gasteiger partial charge in [0.15, 0.2) is 9.84 Å². The van der Waals surface area contributed by atoms with E-state index in [-0.39, 0.29) is 10.6 Å². The molecule has 0 aliphatic rings. The summed E-state index contributed by atoms with van der Waals surface area (Å²) in [6.45, 7) is 0. The van der Waals surface area contributed by atoms with Gasteiger partial charge in [0.25, 0.3) is 0 Å². The van der Waals surface area contributed by atoms with Crippen LogP contribution in [0.5, 0.6) is 0 Å². The SMILES string of the molecule is Cn1c(=O)n(C)c2cc(S(=O)(=O)CC(=O)Nc3ccc(Br)cc3)ccc21. The molecule has 0 saturated carbocycles. The van der Waals surface area contributed by atoms with E-state index in [0.29, 0.717) is 16.7 Å². The van der Waals surface area contributed by atoms with Crippen molar-refractivity contribution in [3.05, 3.63) is 57.4 Å². The van der Waals surface area contributed by atoms with E-state index in [2.05, 4.69) is 21.2 Å². The van der Waals surface area contributed by atoms with E-state index < -0.39 is 21.5 Å². The van der Waals surface area contributed by atoms with Crippen LogP contribution in [-0.4, -0.2) is 29.2 Å². The molecular weight excluding hydrogens is 422 g/mol. The molecule has 0 aliphatic heterocycles. The van der Waals surface area contributed by atoms with Crippen LogP contribution in [0.15, 0.2) is 56.6 Å². The maximum atomic E-state index is 12.6. The Balaban J connectivity index is 1.86. The highest BCUT2D eigenvalue weighted by molar-refractivity contribution is 9.10. The predicted molar refractivity (Wildman–Crippen MR) is 103 cm³/mol. The molecule has 0 unspecified atom stereocenters. The van der Waals surface area contributed by atoms with Crippen LogP contribution in [0.3, 0.4) is 0 Å². The lowest BCUT2D eigenvalue weighted by molar-refractivity contribution is -0.113. The lowest BCUT2D eigenvalue weighted by Crippen LogP contribution is -2.23. The first kappa shape index (κ1) is 18.4. The van der Waals surface area contributed by atoms with Crippen LogP contribution in [0.25, 0.3) is 11.0 Å². The third-order valence-corrected chi connectivity index (χ3v) is 6.19. The molecule has 0 aliphatic carbocycles. The second-order valence-corrected chi connectivity index (χ2v) is 8.77. The van der Waals surface area contributed by atoms with Crippen molar-refractivity contribution in [2.75, 3.05) is 11.1 Å². The van der Waals surface area contributed by atoms with Crippen molar-refractivity contribution in [2.24, 2.45) is 14.1 Å². The molecule has 0 saturated heterocycles. The number of aromatic nitrogens is 2. The monoisotopic (exact) mass is 437 g/mol. The lowest BCUT2D eigenvalue weighted by atomic mass is 10.3. The highest BCUT2D eigenvalue weighted by Crippen LogP contribution is 2.19. The lowest BCUT2D eigenvalue weighted by Gasteiger charge is -2.07. The molecule has 1 heterocycles. The average Bonchev–Trinajstić information content (AvgIpc) is 2.81. The Morgan fingerprint density at radius 3 is 2.31 bits per heavy atom. The van der Waals surface area contributed by atoms with E-state index in [1.54, 1.807) is 44.4 Å². The van der Waals surface area contributed by atoms with Crippen molar-refractivity contribution in [3.63, 3.8) is 0 Å². The molecule has 1 amide bonds. The molecule has 3 rings (SSSR count). The van der Waals surface area contributed by atoms with Crippen LogP contribution in [0.4, 0.5) is 5.69 Å². The second-order valence-electron chi connectivity index (χ2n) is 5.87. The molecule has 9 heteroatoms. The third-order valence-electron chi connectivity index (χ3n) is 4.05. The number of nitrogens with one attached hydrogen (secondary N) is 1. The van der Waals surface area contributed by atoms with Crippen molar-refractivity contribution in [1.29, 1.82) is 0 Å². The van der Waals surface area contributed by atoms with Crippen LogP contribution < -0.4 is 11.0 Å². The Bertz CT molecular complexity index is 1160. The number of hydrogen-bond acceptors (Lipinski definition) is 4. The standard InChI is InChI=1S/C17H16BrN3O4S/c1-20-14-8-7-13(9-15(14)21(2)17(20)23)26(24,25)10-16(22)19-12-5-3-11(18)4-6-12/h3-9H,10H2,1-2H3,(H,19,22). The van der Waals surface area contributed by atoms with Gasteiger partial charge in [0.2, 0.25) is 5.91 Å². The number of anilines is 1. The van der Waals surface area contributed by atoms with Crippen LogP contribution >= 0.6 is 15.9 Å². The summed E-state index contributed by atoms with van der Waals surface area (Å²) in [6.07, 6.45) is 0. The molecule has 3 aromatic rings. The van der Waals surface area contributed by atoms with Gasteiger partial charge in [0.1, 0.15) is 5.75 Å². The fourth-order valence-electron chi connectivity index (χ4n) is 2.67. The number of carbonyl (C=O) groups is 1. The first-order chi connectivity index (χ1) is 12.2. The van der Waals surface area contributed by atoms with Crippen molar-refractivity contribution in [3.8, 4) is 0 Å². The average molecular weight is 438 g/mol. The molecule has 2 aromatic carbocycles. The zero-order valence-corrected chi connectivity index (χ0v) is 16.5. The minimum atomic E-state index is -3.85. The molecule has 0 fully saturated rings. The summed E-state index contributed by atoms with van der Waals surface area (Å²) in [5.74, 6) is -1.32. The summed E-state index contributed by atoms with van der Waals surface area (Å²) in [5.41, 5.74) is 1.37. The summed E-state index contributed by atoms with van der Waals surface area (Å²) in [4.78, 5) is 24.1. The molecule has 7 nitrogen and oxygen atoms in total. The largest absolute Gasteiger partial charge is 0.328 e. The van der Waals surface area contributed by atoms with Gasteiger partial charge in [-0.15, -0.1) is 0 Å². The molecular formula is C17H16BrN3O4S. The maximum Gasteiger partial charge on any atom is 0.328 e. The van der Waals surface area contributed by atoms with Gasteiger partial charge in [-0.3, -0.25) is 13.9 Å². The van der Waals surface area contributed by atoms with E-state index in [1.165, 1.54) is 21.3 Å². The number of rotatable bonds is 4. The number of aryl methyl sites for hydroxylation is 2. The molecule has 0 atom stereocenters. The fraction of sp³-hybridized carbons (Fsp3) is 0.176. The number of fused-ring (bicyclic) bond motifs is 1. The van der Waals surface area contributed by atoms with Gasteiger partial charge in [-0.05, 0) is 42.5 Å². The van der Waals surface area contributed by atoms with Crippen molar-refractivity contribution in [1.82, 2.24) is 9.13 Å². The molecule has 1 N–H and O–H groups in total. The molecule has 0 radical (unpaired) electrons. The van der Waals surface area contributed by atoms with E-state index in [0.717, 1.165) is 4.47 Å². The zero-order valence-electron chi connectivity index (χ0n) is 14.1. The van der Waals surface area contributed by atoms with Crippen molar-refractivity contribution >= 4 is 48.4 Å². The summed E-state index contributed by atoms with van der Waals surface area (Å²) in [7, 11) is -0.659. The van der Waals surface area contributed by atoms with Crippen LogP contribution in [-0.2, 0) is 28.7 Å². The molecule has 1 aromatic heterocycles. The minimum absolute atomic E-state index is 0.00263. The van der Waals surface area contributed by atoms with E-state index in [1.807, 2.05) is 0 Å². The first-order valence-electron chi connectivity index (χ1n) is 7.63. The minimum Gasteiger partial charge on any atom is -0.325 e. The third kappa shape index (κ3) is 3.45.